The van der Waals surface area contributed by atoms with E-state index in [2.05, 4.69) is 20.1 Å². The number of carbonyl (C=O) groups is 2. The second-order valence-corrected chi connectivity index (χ2v) is 5.22. The minimum Gasteiger partial charge on any atom is -0.465 e. The van der Waals surface area contributed by atoms with Crippen LogP contribution < -0.4 is 15.4 Å². The molecule has 8 heteroatoms. The molecule has 3 rings (SSSR count). The van der Waals surface area contributed by atoms with Crippen molar-refractivity contribution in [3.63, 3.8) is 0 Å². The number of hydrogen-bond donors (Lipinski definition) is 2. The van der Waals surface area contributed by atoms with Gasteiger partial charge in [-0.2, -0.15) is 8.78 Å². The zero-order valence-electron chi connectivity index (χ0n) is 11.7. The maximum absolute atomic E-state index is 12.6. The lowest BCUT2D eigenvalue weighted by Crippen LogP contribution is -2.40. The van der Waals surface area contributed by atoms with Crippen LogP contribution in [0.1, 0.15) is 23.2 Å². The summed E-state index contributed by atoms with van der Waals surface area (Å²) in [6.07, 6.45) is 1.82. The molecule has 0 spiro atoms. The number of hydrogen-bond acceptors (Lipinski definition) is 5. The van der Waals surface area contributed by atoms with Crippen molar-refractivity contribution in [3.05, 3.63) is 17.7 Å². The molecule has 1 saturated carbocycles. The van der Waals surface area contributed by atoms with E-state index < -0.39 is 18.6 Å². The van der Waals surface area contributed by atoms with E-state index in [1.165, 1.54) is 19.2 Å². The van der Waals surface area contributed by atoms with Gasteiger partial charge < -0.3 is 20.1 Å². The smallest absolute Gasteiger partial charge is 0.387 e. The maximum Gasteiger partial charge on any atom is 0.387 e. The Balaban J connectivity index is 2.01. The summed E-state index contributed by atoms with van der Waals surface area (Å²) in [6.45, 7) is -3.05. The summed E-state index contributed by atoms with van der Waals surface area (Å²) in [5, 5.41) is 5.57. The maximum atomic E-state index is 12.6. The van der Waals surface area contributed by atoms with Crippen LogP contribution in [0.2, 0.25) is 0 Å². The van der Waals surface area contributed by atoms with Gasteiger partial charge in [0.15, 0.2) is 5.75 Å². The van der Waals surface area contributed by atoms with E-state index in [9.17, 15) is 18.4 Å². The Kier molecular flexibility index (Phi) is 3.59. The third-order valence-corrected chi connectivity index (χ3v) is 3.67. The summed E-state index contributed by atoms with van der Waals surface area (Å²) < 4.78 is 34.2. The molecular weight excluding hydrogens is 298 g/mol. The number of amides is 1. The highest BCUT2D eigenvalue weighted by Crippen LogP contribution is 2.43. The Morgan fingerprint density at radius 2 is 2.09 bits per heavy atom. The van der Waals surface area contributed by atoms with E-state index in [-0.39, 0.29) is 34.5 Å². The van der Waals surface area contributed by atoms with E-state index in [1.807, 2.05) is 0 Å². The molecular formula is C14H14F2N2O4. The summed E-state index contributed by atoms with van der Waals surface area (Å²) in [5.41, 5.74) is 0.494. The van der Waals surface area contributed by atoms with E-state index in [4.69, 9.17) is 0 Å². The lowest BCUT2D eigenvalue weighted by atomic mass is 10.0. The molecule has 1 aliphatic carbocycles. The van der Waals surface area contributed by atoms with Gasteiger partial charge in [0.05, 0.1) is 18.4 Å². The molecule has 1 fully saturated rings. The van der Waals surface area contributed by atoms with Crippen LogP contribution in [0.3, 0.4) is 0 Å². The van der Waals surface area contributed by atoms with Gasteiger partial charge in [0.25, 0.3) is 0 Å². The summed E-state index contributed by atoms with van der Waals surface area (Å²) >= 11 is 0. The van der Waals surface area contributed by atoms with Crippen molar-refractivity contribution in [2.24, 2.45) is 5.92 Å². The SMILES string of the molecule is COC(=O)c1cc2c(c(OC(F)F)c1)NC(C1CC1)C(=O)N2. The quantitative estimate of drug-likeness (QED) is 0.834. The van der Waals surface area contributed by atoms with Crippen LogP contribution in [-0.4, -0.2) is 31.6 Å². The molecule has 0 aromatic heterocycles. The number of esters is 1. The number of fused-ring (bicyclic) bond motifs is 1. The molecule has 1 aliphatic heterocycles. The highest BCUT2D eigenvalue weighted by molar-refractivity contribution is 6.06. The van der Waals surface area contributed by atoms with Crippen LogP contribution in [0, 0.1) is 5.92 Å². The average molecular weight is 312 g/mol. The number of anilines is 2. The topological polar surface area (TPSA) is 76.7 Å². The van der Waals surface area contributed by atoms with Crippen LogP contribution in [-0.2, 0) is 9.53 Å². The van der Waals surface area contributed by atoms with Gasteiger partial charge in [-0.05, 0) is 30.9 Å². The fourth-order valence-electron chi connectivity index (χ4n) is 2.48. The molecule has 0 saturated heterocycles. The minimum atomic E-state index is -3.05. The third kappa shape index (κ3) is 2.68. The van der Waals surface area contributed by atoms with Gasteiger partial charge in [-0.3, -0.25) is 4.79 Å². The van der Waals surface area contributed by atoms with Crippen LogP contribution >= 0.6 is 0 Å². The molecule has 1 amide bonds. The van der Waals surface area contributed by atoms with Crippen molar-refractivity contribution in [2.45, 2.75) is 25.5 Å². The molecule has 118 valence electrons. The van der Waals surface area contributed by atoms with Crippen LogP contribution in [0.15, 0.2) is 12.1 Å². The lowest BCUT2D eigenvalue weighted by Gasteiger charge is -2.28. The first-order valence-electron chi connectivity index (χ1n) is 6.78. The monoisotopic (exact) mass is 312 g/mol. The third-order valence-electron chi connectivity index (χ3n) is 3.67. The molecule has 1 unspecified atom stereocenters. The van der Waals surface area contributed by atoms with Crippen LogP contribution in [0.4, 0.5) is 20.2 Å². The van der Waals surface area contributed by atoms with Gasteiger partial charge in [0, 0.05) is 0 Å². The molecule has 6 nitrogen and oxygen atoms in total. The summed E-state index contributed by atoms with van der Waals surface area (Å²) in [6, 6.07) is 2.06. The van der Waals surface area contributed by atoms with Gasteiger partial charge in [-0.25, -0.2) is 4.79 Å². The predicted molar refractivity (Wildman–Crippen MR) is 73.2 cm³/mol. The first-order chi connectivity index (χ1) is 10.5. The first kappa shape index (κ1) is 14.6. The molecule has 1 aromatic carbocycles. The van der Waals surface area contributed by atoms with Crippen LogP contribution in [0.5, 0.6) is 5.75 Å². The van der Waals surface area contributed by atoms with Crippen molar-refractivity contribution in [2.75, 3.05) is 17.7 Å². The van der Waals surface area contributed by atoms with Gasteiger partial charge >= 0.3 is 12.6 Å². The number of rotatable bonds is 4. The molecule has 0 radical (unpaired) electrons. The normalized spacial score (nSPS) is 20.0. The second-order valence-electron chi connectivity index (χ2n) is 5.22. The van der Waals surface area contributed by atoms with Crippen molar-refractivity contribution in [1.82, 2.24) is 0 Å². The van der Waals surface area contributed by atoms with Crippen LogP contribution in [0.25, 0.3) is 0 Å². The molecule has 22 heavy (non-hydrogen) atoms. The Hall–Kier alpha value is -2.38. The standard InChI is InChI=1S/C14H14F2N2O4/c1-21-13(20)7-4-8-11(9(5-7)22-14(15)16)18-10(6-2-3-6)12(19)17-8/h4-6,10,14,18H,2-3H2,1H3,(H,17,19). The lowest BCUT2D eigenvalue weighted by molar-refractivity contribution is -0.117. The predicted octanol–water partition coefficient (Wildman–Crippen LogP) is 2.22. The summed E-state index contributed by atoms with van der Waals surface area (Å²) in [5.74, 6) is -0.966. The number of carbonyl (C=O) groups excluding carboxylic acids is 2. The van der Waals surface area contributed by atoms with Gasteiger partial charge in [-0.1, -0.05) is 0 Å². The minimum absolute atomic E-state index is 0.0175. The molecule has 0 bridgehead atoms. The van der Waals surface area contributed by atoms with E-state index in [0.717, 1.165) is 12.8 Å². The summed E-state index contributed by atoms with van der Waals surface area (Å²) in [7, 11) is 1.18. The van der Waals surface area contributed by atoms with Crippen molar-refractivity contribution >= 4 is 23.3 Å². The fraction of sp³-hybridized carbons (Fsp3) is 0.429. The zero-order valence-corrected chi connectivity index (χ0v) is 11.7. The summed E-state index contributed by atoms with van der Waals surface area (Å²) in [4.78, 5) is 23.6. The van der Waals surface area contributed by atoms with E-state index in [0.29, 0.717) is 0 Å². The molecule has 1 heterocycles. The Labute approximate surface area is 124 Å². The molecule has 1 aromatic rings. The number of alkyl halides is 2. The van der Waals surface area contributed by atoms with E-state index in [1.54, 1.807) is 0 Å². The number of ether oxygens (including phenoxy) is 2. The highest BCUT2D eigenvalue weighted by atomic mass is 19.3. The van der Waals surface area contributed by atoms with E-state index >= 15 is 0 Å². The Bertz CT molecular complexity index is 632. The molecule has 1 atom stereocenters. The Morgan fingerprint density at radius 1 is 1.36 bits per heavy atom. The number of nitrogens with one attached hydrogen (secondary N) is 2. The largest absolute Gasteiger partial charge is 0.465 e. The number of benzene rings is 1. The second kappa shape index (κ2) is 5.43. The van der Waals surface area contributed by atoms with Crippen molar-refractivity contribution < 1.29 is 27.8 Å². The Morgan fingerprint density at radius 3 is 2.68 bits per heavy atom. The number of methoxy groups -OCH3 is 1. The van der Waals surface area contributed by atoms with Crippen molar-refractivity contribution in [1.29, 1.82) is 0 Å². The van der Waals surface area contributed by atoms with Gasteiger partial charge in [0.1, 0.15) is 11.7 Å². The molecule has 2 N–H and O–H groups in total. The highest BCUT2D eigenvalue weighted by Gasteiger charge is 2.40. The fourth-order valence-corrected chi connectivity index (χ4v) is 2.48. The zero-order chi connectivity index (χ0) is 15.9. The first-order valence-corrected chi connectivity index (χ1v) is 6.78. The average Bonchev–Trinajstić information content (AvgIpc) is 3.29. The van der Waals surface area contributed by atoms with Gasteiger partial charge in [-0.15, -0.1) is 0 Å². The number of halogens is 2. The van der Waals surface area contributed by atoms with Gasteiger partial charge in [0.2, 0.25) is 5.91 Å². The van der Waals surface area contributed by atoms with Crippen molar-refractivity contribution in [3.8, 4) is 5.75 Å². The molecule has 2 aliphatic rings.